The molecule has 1 aliphatic rings. The molecule has 0 bridgehead atoms. The largest absolute Gasteiger partial charge is 0.324 e. The number of pyridine rings is 1. The fourth-order valence-corrected chi connectivity index (χ4v) is 4.66. The molecule has 0 saturated carbocycles. The minimum absolute atomic E-state index is 0.128. The Bertz CT molecular complexity index is 1150. The minimum Gasteiger partial charge on any atom is -0.324 e. The Balaban J connectivity index is 1.65. The van der Waals surface area contributed by atoms with Crippen molar-refractivity contribution in [2.24, 2.45) is 0 Å². The first kappa shape index (κ1) is 21.3. The van der Waals surface area contributed by atoms with Gasteiger partial charge in [-0.3, -0.25) is 14.6 Å². The Labute approximate surface area is 204 Å². The molecule has 1 atom stereocenters. The van der Waals surface area contributed by atoms with Crippen LogP contribution in [0.2, 0.25) is 5.02 Å². The van der Waals surface area contributed by atoms with Crippen LogP contribution in [-0.4, -0.2) is 46.3 Å². The number of nitrogens with zero attached hydrogens (tertiary/aromatic N) is 6. The van der Waals surface area contributed by atoms with Crippen LogP contribution < -0.4 is 0 Å². The summed E-state index contributed by atoms with van der Waals surface area (Å²) in [4.78, 5) is 31.5. The number of halogens is 3. The highest BCUT2D eigenvalue weighted by atomic mass is 127. The first-order valence-electron chi connectivity index (χ1n) is 8.79. The van der Waals surface area contributed by atoms with Gasteiger partial charge in [0.1, 0.15) is 12.4 Å². The van der Waals surface area contributed by atoms with E-state index in [9.17, 15) is 9.59 Å². The van der Waals surface area contributed by atoms with Crippen molar-refractivity contribution >= 4 is 72.6 Å². The lowest BCUT2D eigenvalue weighted by molar-refractivity contribution is -0.133. The Morgan fingerprint density at radius 2 is 2.10 bits per heavy atom. The lowest BCUT2D eigenvalue weighted by Crippen LogP contribution is -2.42. The number of carbonyl (C=O) groups is 2. The lowest BCUT2D eigenvalue weighted by atomic mass is 9.97. The van der Waals surface area contributed by atoms with Crippen molar-refractivity contribution in [1.82, 2.24) is 30.1 Å². The van der Waals surface area contributed by atoms with E-state index in [1.807, 2.05) is 6.07 Å². The Morgan fingerprint density at radius 3 is 2.83 bits per heavy atom. The quantitative estimate of drug-likeness (QED) is 0.245. The van der Waals surface area contributed by atoms with Crippen LogP contribution in [0.4, 0.5) is 0 Å². The molecule has 1 aliphatic heterocycles. The van der Waals surface area contributed by atoms with Crippen molar-refractivity contribution < 1.29 is 9.59 Å². The van der Waals surface area contributed by atoms with Crippen LogP contribution in [0.15, 0.2) is 42.9 Å². The molecule has 1 amide bonds. The van der Waals surface area contributed by atoms with Crippen LogP contribution in [0.25, 0.3) is 11.8 Å². The van der Waals surface area contributed by atoms with E-state index in [-0.39, 0.29) is 9.70 Å². The number of benzene rings is 1. The van der Waals surface area contributed by atoms with E-state index in [1.54, 1.807) is 58.0 Å². The summed E-state index contributed by atoms with van der Waals surface area (Å²) in [6.45, 7) is 0.415. The van der Waals surface area contributed by atoms with E-state index >= 15 is 0 Å². The van der Waals surface area contributed by atoms with Gasteiger partial charge in [0, 0.05) is 73.2 Å². The van der Waals surface area contributed by atoms with Gasteiger partial charge in [-0.1, -0.05) is 11.6 Å². The van der Waals surface area contributed by atoms with Gasteiger partial charge in [-0.05, 0) is 63.4 Å². The standard InChI is InChI=1S/C19H13ClI2N6O2/c20-12-2-3-16(28-10-24-25-26-28)11(7-12)1-4-17(29)27-6-5-15-14(18(27)19(22)30)8-13(21)9-23-15/h1-4,7-10,18H,5-6H2/b4-1+. The van der Waals surface area contributed by atoms with Gasteiger partial charge in [0.15, 0.2) is 0 Å². The van der Waals surface area contributed by atoms with Crippen molar-refractivity contribution in [3.8, 4) is 5.69 Å². The third-order valence-electron chi connectivity index (χ3n) is 4.66. The van der Waals surface area contributed by atoms with E-state index in [0.717, 1.165) is 14.8 Å². The van der Waals surface area contributed by atoms with Crippen LogP contribution in [0.5, 0.6) is 0 Å². The van der Waals surface area contributed by atoms with E-state index in [0.29, 0.717) is 29.2 Å². The number of hydrogen-bond acceptors (Lipinski definition) is 6. The zero-order chi connectivity index (χ0) is 21.3. The molecule has 8 nitrogen and oxygen atoms in total. The molecule has 4 rings (SSSR count). The van der Waals surface area contributed by atoms with Crippen molar-refractivity contribution in [2.75, 3.05) is 6.54 Å². The molecule has 1 aromatic carbocycles. The average molecular weight is 647 g/mol. The summed E-state index contributed by atoms with van der Waals surface area (Å²) in [6, 6.07) is 6.47. The molecule has 1 unspecified atom stereocenters. The molecule has 30 heavy (non-hydrogen) atoms. The minimum atomic E-state index is -0.660. The number of hydrogen-bond donors (Lipinski definition) is 0. The first-order valence-corrected chi connectivity index (χ1v) is 11.3. The Hall–Kier alpha value is -1.93. The molecular weight excluding hydrogens is 634 g/mol. The number of aromatic nitrogens is 5. The third-order valence-corrected chi connectivity index (χ3v) is 6.07. The van der Waals surface area contributed by atoms with Gasteiger partial charge in [0.2, 0.25) is 9.70 Å². The van der Waals surface area contributed by atoms with Crippen molar-refractivity contribution in [2.45, 2.75) is 12.5 Å². The smallest absolute Gasteiger partial charge is 0.247 e. The molecule has 3 aromatic rings. The summed E-state index contributed by atoms with van der Waals surface area (Å²) in [5, 5.41) is 11.7. The molecule has 152 valence electrons. The predicted molar refractivity (Wildman–Crippen MR) is 127 cm³/mol. The highest BCUT2D eigenvalue weighted by Gasteiger charge is 2.34. The number of tetrazole rings is 1. The summed E-state index contributed by atoms with van der Waals surface area (Å²) in [7, 11) is 0. The monoisotopic (exact) mass is 646 g/mol. The second-order valence-electron chi connectivity index (χ2n) is 6.47. The topological polar surface area (TPSA) is 93.9 Å². The SMILES string of the molecule is O=C(I)C1c2cc(I)cnc2CCN1C(=O)/C=C/c1cc(Cl)ccc1-n1cnnn1. The first-order chi connectivity index (χ1) is 14.4. The van der Waals surface area contributed by atoms with Crippen LogP contribution in [0.3, 0.4) is 0 Å². The normalized spacial score (nSPS) is 16.0. The average Bonchev–Trinajstić information content (AvgIpc) is 3.25. The Kier molecular flexibility index (Phi) is 6.43. The fourth-order valence-electron chi connectivity index (χ4n) is 3.33. The van der Waals surface area contributed by atoms with E-state index < -0.39 is 6.04 Å². The molecule has 0 aliphatic carbocycles. The van der Waals surface area contributed by atoms with Crippen LogP contribution >= 0.6 is 56.8 Å². The van der Waals surface area contributed by atoms with Crippen molar-refractivity contribution in [3.05, 3.63) is 68.3 Å². The van der Waals surface area contributed by atoms with Gasteiger partial charge in [0.05, 0.1) is 5.69 Å². The highest BCUT2D eigenvalue weighted by molar-refractivity contribution is 14.1. The molecule has 0 saturated heterocycles. The second-order valence-corrected chi connectivity index (χ2v) is 9.21. The van der Waals surface area contributed by atoms with Crippen LogP contribution in [0.1, 0.15) is 22.9 Å². The summed E-state index contributed by atoms with van der Waals surface area (Å²) >= 11 is 10.0. The van der Waals surface area contributed by atoms with E-state index in [1.165, 1.54) is 17.1 Å². The third kappa shape index (κ3) is 4.39. The molecule has 0 N–H and O–H groups in total. The van der Waals surface area contributed by atoms with E-state index in [2.05, 4.69) is 43.1 Å². The van der Waals surface area contributed by atoms with Gasteiger partial charge >= 0.3 is 0 Å². The molecule has 0 spiro atoms. The Morgan fingerprint density at radius 1 is 1.27 bits per heavy atom. The van der Waals surface area contributed by atoms with Gasteiger partial charge in [-0.2, -0.15) is 4.68 Å². The number of carbonyl (C=O) groups excluding carboxylic acids is 2. The van der Waals surface area contributed by atoms with Crippen molar-refractivity contribution in [1.29, 1.82) is 0 Å². The van der Waals surface area contributed by atoms with Crippen molar-refractivity contribution in [3.63, 3.8) is 0 Å². The maximum atomic E-state index is 13.0. The van der Waals surface area contributed by atoms with E-state index in [4.69, 9.17) is 11.6 Å². The van der Waals surface area contributed by atoms with Gasteiger partial charge in [-0.25, -0.2) is 0 Å². The van der Waals surface area contributed by atoms with Gasteiger partial charge in [-0.15, -0.1) is 5.10 Å². The zero-order valence-electron chi connectivity index (χ0n) is 15.2. The molecule has 2 aromatic heterocycles. The molecule has 0 radical (unpaired) electrons. The summed E-state index contributed by atoms with van der Waals surface area (Å²) in [6.07, 6.45) is 6.93. The van der Waals surface area contributed by atoms with Gasteiger partial charge in [0.25, 0.3) is 0 Å². The molecular formula is C19H13ClI2N6O2. The number of rotatable bonds is 4. The molecule has 0 fully saturated rings. The highest BCUT2D eigenvalue weighted by Crippen LogP contribution is 2.32. The predicted octanol–water partition coefficient (Wildman–Crippen LogP) is 3.42. The zero-order valence-corrected chi connectivity index (χ0v) is 20.3. The maximum absolute atomic E-state index is 13.0. The number of fused-ring (bicyclic) bond motifs is 1. The fraction of sp³-hybridized carbons (Fsp3) is 0.158. The van der Waals surface area contributed by atoms with Crippen LogP contribution in [-0.2, 0) is 16.0 Å². The summed E-state index contributed by atoms with van der Waals surface area (Å²) in [5.41, 5.74) is 2.99. The maximum Gasteiger partial charge on any atom is 0.247 e. The molecule has 11 heteroatoms. The van der Waals surface area contributed by atoms with Crippen LogP contribution in [0, 0.1) is 3.57 Å². The van der Waals surface area contributed by atoms with Gasteiger partial charge < -0.3 is 4.90 Å². The second kappa shape index (κ2) is 9.06. The summed E-state index contributed by atoms with van der Waals surface area (Å²) < 4.78 is 2.28. The molecule has 3 heterocycles. The lowest BCUT2D eigenvalue weighted by Gasteiger charge is -2.34. The summed E-state index contributed by atoms with van der Waals surface area (Å²) in [5.74, 6) is -0.267. The number of amides is 1.